The highest BCUT2D eigenvalue weighted by Crippen LogP contribution is 2.31. The molecule has 0 aliphatic carbocycles. The number of methoxy groups -OCH3 is 1. The molecule has 0 bridgehead atoms. The zero-order valence-electron chi connectivity index (χ0n) is 20.3. The molecule has 1 aliphatic rings. The van der Waals surface area contributed by atoms with Crippen molar-refractivity contribution in [2.45, 2.75) is 77.5 Å². The molecule has 0 saturated carbocycles. The van der Waals surface area contributed by atoms with E-state index in [0.29, 0.717) is 23.6 Å². The maximum atomic E-state index is 12.9. The van der Waals surface area contributed by atoms with Crippen molar-refractivity contribution < 1.29 is 23.8 Å². The normalized spacial score (nSPS) is 16.2. The number of nitrogens with zero attached hydrogens (tertiary/aromatic N) is 1. The SMILES string of the molecule is CCCC[C@H](NC(=O)OC(C)(C)C)C(=O)Nc1ccc(OC2CCN(C)CC2)cc1OC. The van der Waals surface area contributed by atoms with Crippen LogP contribution in [0.15, 0.2) is 18.2 Å². The molecule has 0 aromatic heterocycles. The van der Waals surface area contributed by atoms with Crippen molar-refractivity contribution in [1.82, 2.24) is 10.2 Å². The Bertz CT molecular complexity index is 754. The highest BCUT2D eigenvalue weighted by Gasteiger charge is 2.25. The zero-order chi connectivity index (χ0) is 23.7. The molecule has 2 rings (SSSR count). The fourth-order valence-corrected chi connectivity index (χ4v) is 3.49. The number of hydrogen-bond acceptors (Lipinski definition) is 6. The Morgan fingerprint density at radius 2 is 1.91 bits per heavy atom. The van der Waals surface area contributed by atoms with Gasteiger partial charge < -0.3 is 29.7 Å². The predicted octanol–water partition coefficient (Wildman–Crippen LogP) is 4.19. The summed E-state index contributed by atoms with van der Waals surface area (Å²) in [7, 11) is 3.67. The molecule has 8 nitrogen and oxygen atoms in total. The summed E-state index contributed by atoms with van der Waals surface area (Å²) in [6.45, 7) is 9.42. The third-order valence-corrected chi connectivity index (χ3v) is 5.25. The molecule has 1 saturated heterocycles. The molecule has 2 amide bonds. The quantitative estimate of drug-likeness (QED) is 0.588. The van der Waals surface area contributed by atoms with E-state index in [1.165, 1.54) is 0 Å². The van der Waals surface area contributed by atoms with Gasteiger partial charge in [-0.05, 0) is 59.2 Å². The molecule has 0 unspecified atom stereocenters. The maximum absolute atomic E-state index is 12.9. The second kappa shape index (κ2) is 11.9. The third-order valence-electron chi connectivity index (χ3n) is 5.25. The topological polar surface area (TPSA) is 89.1 Å². The van der Waals surface area contributed by atoms with Crippen LogP contribution in [0.25, 0.3) is 0 Å². The molecule has 180 valence electrons. The number of likely N-dealkylation sites (tertiary alicyclic amines) is 1. The first-order chi connectivity index (χ1) is 15.1. The van der Waals surface area contributed by atoms with Crippen molar-refractivity contribution in [2.75, 3.05) is 32.6 Å². The molecule has 1 aromatic rings. The number of rotatable bonds is 9. The average molecular weight is 450 g/mol. The van der Waals surface area contributed by atoms with Crippen LogP contribution in [0.2, 0.25) is 0 Å². The van der Waals surface area contributed by atoms with Gasteiger partial charge in [-0.15, -0.1) is 0 Å². The van der Waals surface area contributed by atoms with Crippen LogP contribution in [-0.2, 0) is 9.53 Å². The molecule has 8 heteroatoms. The van der Waals surface area contributed by atoms with Gasteiger partial charge in [0.15, 0.2) is 0 Å². The first kappa shape index (κ1) is 25.8. The summed E-state index contributed by atoms with van der Waals surface area (Å²) >= 11 is 0. The second-order valence-corrected chi connectivity index (χ2v) is 9.31. The zero-order valence-corrected chi connectivity index (χ0v) is 20.3. The van der Waals surface area contributed by atoms with Crippen molar-refractivity contribution >= 4 is 17.7 Å². The van der Waals surface area contributed by atoms with E-state index in [4.69, 9.17) is 14.2 Å². The lowest BCUT2D eigenvalue weighted by Gasteiger charge is -2.29. The molecular weight excluding hydrogens is 410 g/mol. The Morgan fingerprint density at radius 3 is 2.50 bits per heavy atom. The molecule has 0 radical (unpaired) electrons. The first-order valence-corrected chi connectivity index (χ1v) is 11.4. The Hall–Kier alpha value is -2.48. The summed E-state index contributed by atoms with van der Waals surface area (Å²) < 4.78 is 16.9. The minimum atomic E-state index is -0.704. The summed E-state index contributed by atoms with van der Waals surface area (Å²) in [4.78, 5) is 27.4. The van der Waals surface area contributed by atoms with Gasteiger partial charge in [-0.2, -0.15) is 0 Å². The van der Waals surface area contributed by atoms with Crippen LogP contribution in [0, 0.1) is 0 Å². The number of piperidine rings is 1. The summed E-state index contributed by atoms with van der Waals surface area (Å²) in [6, 6.07) is 4.69. The highest BCUT2D eigenvalue weighted by molar-refractivity contribution is 5.97. The van der Waals surface area contributed by atoms with Gasteiger partial charge >= 0.3 is 6.09 Å². The highest BCUT2D eigenvalue weighted by atomic mass is 16.6. The smallest absolute Gasteiger partial charge is 0.408 e. The average Bonchev–Trinajstić information content (AvgIpc) is 2.72. The number of nitrogens with one attached hydrogen (secondary N) is 2. The van der Waals surface area contributed by atoms with Crippen molar-refractivity contribution in [3.05, 3.63) is 18.2 Å². The predicted molar refractivity (Wildman–Crippen MR) is 125 cm³/mol. The maximum Gasteiger partial charge on any atom is 0.408 e. The molecule has 1 atom stereocenters. The van der Waals surface area contributed by atoms with Crippen LogP contribution in [0.1, 0.15) is 59.8 Å². The lowest BCUT2D eigenvalue weighted by atomic mass is 10.1. The molecule has 1 aliphatic heterocycles. The van der Waals surface area contributed by atoms with Gasteiger partial charge in [0.25, 0.3) is 0 Å². The molecule has 1 heterocycles. The van der Waals surface area contributed by atoms with E-state index in [1.54, 1.807) is 40.0 Å². The van der Waals surface area contributed by atoms with Gasteiger partial charge in [-0.1, -0.05) is 19.8 Å². The third kappa shape index (κ3) is 8.57. The number of carbonyl (C=O) groups excluding carboxylic acids is 2. The first-order valence-electron chi connectivity index (χ1n) is 11.4. The fourth-order valence-electron chi connectivity index (χ4n) is 3.49. The van der Waals surface area contributed by atoms with Gasteiger partial charge in [-0.3, -0.25) is 4.79 Å². The molecule has 1 aromatic carbocycles. The van der Waals surface area contributed by atoms with Crippen molar-refractivity contribution in [1.29, 1.82) is 0 Å². The Balaban J connectivity index is 2.05. The number of anilines is 1. The number of unbranched alkanes of at least 4 members (excludes halogenated alkanes) is 1. The minimum absolute atomic E-state index is 0.174. The Morgan fingerprint density at radius 1 is 1.22 bits per heavy atom. The van der Waals surface area contributed by atoms with Crippen molar-refractivity contribution in [2.24, 2.45) is 0 Å². The van der Waals surface area contributed by atoms with Crippen LogP contribution in [0.3, 0.4) is 0 Å². The molecule has 32 heavy (non-hydrogen) atoms. The number of hydrogen-bond donors (Lipinski definition) is 2. The Kier molecular flexibility index (Phi) is 9.62. The van der Waals surface area contributed by atoms with E-state index in [-0.39, 0.29) is 12.0 Å². The van der Waals surface area contributed by atoms with Crippen LogP contribution < -0.4 is 20.1 Å². The van der Waals surface area contributed by atoms with Crippen LogP contribution >= 0.6 is 0 Å². The summed E-state index contributed by atoms with van der Waals surface area (Å²) in [6.07, 6.45) is 3.75. The number of benzene rings is 1. The van der Waals surface area contributed by atoms with E-state index >= 15 is 0 Å². The Labute approximate surface area is 192 Å². The number of carbonyl (C=O) groups is 2. The molecule has 0 spiro atoms. The molecular formula is C24H39N3O5. The van der Waals surface area contributed by atoms with Gasteiger partial charge in [0.05, 0.1) is 12.8 Å². The minimum Gasteiger partial charge on any atom is -0.494 e. The van der Waals surface area contributed by atoms with Crippen LogP contribution in [0.5, 0.6) is 11.5 Å². The lowest BCUT2D eigenvalue weighted by Crippen LogP contribution is -2.45. The number of alkyl carbamates (subject to hydrolysis) is 1. The van der Waals surface area contributed by atoms with Gasteiger partial charge in [-0.25, -0.2) is 4.79 Å². The summed E-state index contributed by atoms with van der Waals surface area (Å²) in [5, 5.41) is 5.57. The number of ether oxygens (including phenoxy) is 3. The fraction of sp³-hybridized carbons (Fsp3) is 0.667. The van der Waals surface area contributed by atoms with Gasteiger partial charge in [0, 0.05) is 19.2 Å². The molecule has 2 N–H and O–H groups in total. The standard InChI is InChI=1S/C24H39N3O5/c1-7-8-9-20(26-23(29)32-24(2,3)4)22(28)25-19-11-10-18(16-21(19)30-6)31-17-12-14-27(5)15-13-17/h10-11,16-17,20H,7-9,12-15H2,1-6H3,(H,25,28)(H,26,29)/t20-/m0/s1. The van der Waals surface area contributed by atoms with E-state index in [9.17, 15) is 9.59 Å². The van der Waals surface area contributed by atoms with Crippen LogP contribution in [-0.4, -0.2) is 61.9 Å². The van der Waals surface area contributed by atoms with Crippen molar-refractivity contribution in [3.63, 3.8) is 0 Å². The lowest BCUT2D eigenvalue weighted by molar-refractivity contribution is -0.118. The van der Waals surface area contributed by atoms with Gasteiger partial charge in [0.1, 0.15) is 29.2 Å². The summed E-state index contributed by atoms with van der Waals surface area (Å²) in [5.74, 6) is 0.908. The van der Waals surface area contributed by atoms with E-state index in [1.807, 2.05) is 13.0 Å². The largest absolute Gasteiger partial charge is 0.494 e. The van der Waals surface area contributed by atoms with E-state index in [0.717, 1.165) is 38.8 Å². The van der Waals surface area contributed by atoms with E-state index in [2.05, 4.69) is 22.6 Å². The number of amides is 2. The summed E-state index contributed by atoms with van der Waals surface area (Å²) in [5.41, 5.74) is -0.108. The van der Waals surface area contributed by atoms with Gasteiger partial charge in [0.2, 0.25) is 5.91 Å². The van der Waals surface area contributed by atoms with Crippen molar-refractivity contribution in [3.8, 4) is 11.5 Å². The van der Waals surface area contributed by atoms with E-state index < -0.39 is 17.7 Å². The monoisotopic (exact) mass is 449 g/mol. The second-order valence-electron chi connectivity index (χ2n) is 9.31. The van der Waals surface area contributed by atoms with Crippen LogP contribution in [0.4, 0.5) is 10.5 Å². The molecule has 1 fully saturated rings.